The molecule has 0 saturated carbocycles. The summed E-state index contributed by atoms with van der Waals surface area (Å²) in [6, 6.07) is 0. The van der Waals surface area contributed by atoms with E-state index < -0.39 is 0 Å². The second-order valence-electron chi connectivity index (χ2n) is 7.24. The zero-order chi connectivity index (χ0) is 18.2. The largest absolute Gasteiger partial charge is 0.461 e. The summed E-state index contributed by atoms with van der Waals surface area (Å²) in [6.07, 6.45) is 8.63. The van der Waals surface area contributed by atoms with E-state index in [1.807, 2.05) is 0 Å². The minimum absolute atomic E-state index is 0.0702. The Balaban J connectivity index is 2.34. The summed E-state index contributed by atoms with van der Waals surface area (Å²) in [5.74, 6) is 0.366. The smallest absolute Gasteiger partial charge is 0.306 e. The molecule has 1 aliphatic rings. The van der Waals surface area contributed by atoms with Crippen molar-refractivity contribution >= 4 is 11.9 Å². The van der Waals surface area contributed by atoms with Gasteiger partial charge in [0.1, 0.15) is 6.61 Å². The molecule has 0 aromatic heterocycles. The Morgan fingerprint density at radius 3 is 2.67 bits per heavy atom. The first kappa shape index (κ1) is 20.5. The van der Waals surface area contributed by atoms with Crippen LogP contribution in [0.2, 0.25) is 0 Å². The van der Waals surface area contributed by atoms with E-state index in [2.05, 4.69) is 45.2 Å². The summed E-state index contributed by atoms with van der Waals surface area (Å²) in [7, 11) is 0. The highest BCUT2D eigenvalue weighted by Crippen LogP contribution is 2.44. The molecular weight excluding hydrogens is 302 g/mol. The molecule has 0 fully saturated rings. The van der Waals surface area contributed by atoms with Crippen LogP contribution in [0, 0.1) is 11.3 Å². The third kappa shape index (κ3) is 6.50. The van der Waals surface area contributed by atoms with E-state index in [1.165, 1.54) is 18.1 Å². The molecule has 0 heterocycles. The van der Waals surface area contributed by atoms with Crippen molar-refractivity contribution in [1.29, 1.82) is 0 Å². The van der Waals surface area contributed by atoms with Crippen LogP contribution in [0.5, 0.6) is 0 Å². The summed E-state index contributed by atoms with van der Waals surface area (Å²) in [6.45, 7) is 11.3. The molecule has 1 aliphatic carbocycles. The molecule has 4 nitrogen and oxygen atoms in total. The van der Waals surface area contributed by atoms with Crippen LogP contribution in [-0.2, 0) is 14.3 Å². The molecule has 1 atom stereocenters. The monoisotopic (exact) mass is 335 g/mol. The van der Waals surface area contributed by atoms with Gasteiger partial charge in [-0.3, -0.25) is 9.59 Å². The normalized spacial score (nSPS) is 19.8. The van der Waals surface area contributed by atoms with E-state index in [4.69, 9.17) is 4.74 Å². The Kier molecular flexibility index (Phi) is 8.23. The third-order valence-electron chi connectivity index (χ3n) is 5.24. The summed E-state index contributed by atoms with van der Waals surface area (Å²) < 4.78 is 5.36. The fraction of sp³-hybridized carbons (Fsp3) is 0.700. The predicted octanol–water partition coefficient (Wildman–Crippen LogP) is 4.16. The van der Waals surface area contributed by atoms with E-state index >= 15 is 0 Å². The molecule has 0 aromatic carbocycles. The van der Waals surface area contributed by atoms with E-state index in [0.717, 1.165) is 19.3 Å². The lowest BCUT2D eigenvalue weighted by Gasteiger charge is -2.29. The van der Waals surface area contributed by atoms with Gasteiger partial charge in [0, 0.05) is 19.9 Å². The molecule has 24 heavy (non-hydrogen) atoms. The lowest BCUT2D eigenvalue weighted by atomic mass is 9.76. The van der Waals surface area contributed by atoms with E-state index in [9.17, 15) is 9.59 Å². The quantitative estimate of drug-likeness (QED) is 0.391. The van der Waals surface area contributed by atoms with Crippen LogP contribution in [0.3, 0.4) is 0 Å². The van der Waals surface area contributed by atoms with Gasteiger partial charge in [-0.1, -0.05) is 38.5 Å². The Bertz CT molecular complexity index is 503. The number of carbonyl (C=O) groups is 2. The highest BCUT2D eigenvalue weighted by Gasteiger charge is 2.33. The SMILES string of the molecule is CC/C(=C\CC1CC=C(C)C1(C)C)COC(=O)CCCNC(C)=O. The standard InChI is InChI=1S/C20H33NO3/c1-6-17(10-12-18-11-9-15(2)20(18,4)5)14-24-19(23)8-7-13-21-16(3)22/h9-10,18H,6-8,11-14H2,1-5H3,(H,21,22)/b17-10+. The molecule has 4 heteroatoms. The fourth-order valence-electron chi connectivity index (χ4n) is 2.95. The number of allylic oxidation sites excluding steroid dienone is 3. The van der Waals surface area contributed by atoms with Gasteiger partial charge in [0.15, 0.2) is 0 Å². The molecule has 0 aromatic rings. The number of nitrogens with one attached hydrogen (secondary N) is 1. The van der Waals surface area contributed by atoms with E-state index in [0.29, 0.717) is 31.9 Å². The van der Waals surface area contributed by atoms with Gasteiger partial charge in [-0.2, -0.15) is 0 Å². The van der Waals surface area contributed by atoms with Gasteiger partial charge >= 0.3 is 5.97 Å². The second-order valence-corrected chi connectivity index (χ2v) is 7.24. The molecule has 0 radical (unpaired) electrons. The minimum atomic E-state index is -0.196. The first-order chi connectivity index (χ1) is 11.3. The second kappa shape index (κ2) is 9.65. The maximum atomic E-state index is 11.7. The molecule has 0 bridgehead atoms. The number of hydrogen-bond donors (Lipinski definition) is 1. The Morgan fingerprint density at radius 2 is 2.12 bits per heavy atom. The van der Waals surface area contributed by atoms with Crippen LogP contribution >= 0.6 is 0 Å². The molecule has 0 spiro atoms. The van der Waals surface area contributed by atoms with Crippen LogP contribution in [0.4, 0.5) is 0 Å². The molecule has 1 amide bonds. The maximum Gasteiger partial charge on any atom is 0.306 e. The zero-order valence-electron chi connectivity index (χ0n) is 15.9. The molecule has 1 N–H and O–H groups in total. The number of rotatable bonds is 9. The van der Waals surface area contributed by atoms with Crippen LogP contribution in [0.15, 0.2) is 23.3 Å². The first-order valence-corrected chi connectivity index (χ1v) is 9.02. The number of ether oxygens (including phenoxy) is 1. The average molecular weight is 335 g/mol. The predicted molar refractivity (Wildman–Crippen MR) is 97.5 cm³/mol. The third-order valence-corrected chi connectivity index (χ3v) is 5.24. The van der Waals surface area contributed by atoms with Crippen molar-refractivity contribution in [1.82, 2.24) is 5.32 Å². The van der Waals surface area contributed by atoms with Crippen molar-refractivity contribution in [3.8, 4) is 0 Å². The van der Waals surface area contributed by atoms with Gasteiger partial charge in [-0.25, -0.2) is 0 Å². The molecule has 0 aliphatic heterocycles. The van der Waals surface area contributed by atoms with Crippen LogP contribution in [-0.4, -0.2) is 25.0 Å². The van der Waals surface area contributed by atoms with Crippen LogP contribution in [0.25, 0.3) is 0 Å². The lowest BCUT2D eigenvalue weighted by Crippen LogP contribution is -2.21. The molecule has 136 valence electrons. The fourth-order valence-corrected chi connectivity index (χ4v) is 2.95. The Labute approximate surface area is 146 Å². The number of carbonyl (C=O) groups excluding carboxylic acids is 2. The summed E-state index contributed by atoms with van der Waals surface area (Å²) >= 11 is 0. The Morgan fingerprint density at radius 1 is 1.42 bits per heavy atom. The van der Waals surface area contributed by atoms with Gasteiger partial charge in [-0.15, -0.1) is 0 Å². The first-order valence-electron chi connectivity index (χ1n) is 9.02. The van der Waals surface area contributed by atoms with Crippen molar-refractivity contribution in [2.24, 2.45) is 11.3 Å². The van der Waals surface area contributed by atoms with E-state index in [1.54, 1.807) is 0 Å². The topological polar surface area (TPSA) is 55.4 Å². The van der Waals surface area contributed by atoms with Gasteiger partial charge in [0.25, 0.3) is 0 Å². The molecule has 1 unspecified atom stereocenters. The van der Waals surface area contributed by atoms with Crippen molar-refractivity contribution < 1.29 is 14.3 Å². The zero-order valence-corrected chi connectivity index (χ0v) is 15.9. The van der Waals surface area contributed by atoms with Crippen molar-refractivity contribution in [2.75, 3.05) is 13.2 Å². The van der Waals surface area contributed by atoms with Crippen LogP contribution in [0.1, 0.15) is 66.7 Å². The highest BCUT2D eigenvalue weighted by molar-refractivity contribution is 5.73. The maximum absolute atomic E-state index is 11.7. The molecule has 0 saturated heterocycles. The van der Waals surface area contributed by atoms with Crippen LogP contribution < -0.4 is 5.32 Å². The summed E-state index contributed by atoms with van der Waals surface area (Å²) in [5, 5.41) is 2.68. The summed E-state index contributed by atoms with van der Waals surface area (Å²) in [4.78, 5) is 22.5. The van der Waals surface area contributed by atoms with Crippen molar-refractivity contribution in [3.05, 3.63) is 23.3 Å². The van der Waals surface area contributed by atoms with Gasteiger partial charge in [-0.05, 0) is 49.5 Å². The average Bonchev–Trinajstić information content (AvgIpc) is 2.77. The van der Waals surface area contributed by atoms with E-state index in [-0.39, 0.29) is 17.3 Å². The van der Waals surface area contributed by atoms with Crippen molar-refractivity contribution in [3.63, 3.8) is 0 Å². The number of amides is 1. The molecule has 1 rings (SSSR count). The molecular formula is C20H33NO3. The minimum Gasteiger partial charge on any atom is -0.461 e. The van der Waals surface area contributed by atoms with Gasteiger partial charge in [0.05, 0.1) is 0 Å². The van der Waals surface area contributed by atoms with Gasteiger partial charge < -0.3 is 10.1 Å². The summed E-state index contributed by atoms with van der Waals surface area (Å²) in [5.41, 5.74) is 2.92. The number of esters is 1. The number of hydrogen-bond acceptors (Lipinski definition) is 3. The van der Waals surface area contributed by atoms with Crippen molar-refractivity contribution in [2.45, 2.75) is 66.7 Å². The Hall–Kier alpha value is -1.58. The highest BCUT2D eigenvalue weighted by atomic mass is 16.5. The lowest BCUT2D eigenvalue weighted by molar-refractivity contribution is -0.142. The van der Waals surface area contributed by atoms with Gasteiger partial charge in [0.2, 0.25) is 5.91 Å².